The minimum Gasteiger partial charge on any atom is -0.454 e. The number of benzene rings is 2. The van der Waals surface area contributed by atoms with Crippen LogP contribution >= 0.6 is 12.2 Å². The lowest BCUT2D eigenvalue weighted by molar-refractivity contribution is 0.174. The molecular weight excluding hydrogens is 448 g/mol. The van der Waals surface area contributed by atoms with Gasteiger partial charge in [0.25, 0.3) is 0 Å². The maximum atomic E-state index is 5.53. The van der Waals surface area contributed by atoms with Crippen molar-refractivity contribution in [1.82, 2.24) is 20.6 Å². The Balaban J connectivity index is 1.11. The van der Waals surface area contributed by atoms with Crippen molar-refractivity contribution in [3.8, 4) is 11.5 Å². The zero-order valence-electron chi connectivity index (χ0n) is 19.5. The van der Waals surface area contributed by atoms with Crippen LogP contribution in [0.15, 0.2) is 42.5 Å². The summed E-state index contributed by atoms with van der Waals surface area (Å²) in [6.45, 7) is 0.931. The minimum absolute atomic E-state index is 0.285. The largest absolute Gasteiger partial charge is 0.454 e. The average molecular weight is 479 g/mol. The highest BCUT2D eigenvalue weighted by Gasteiger charge is 2.23. The zero-order valence-corrected chi connectivity index (χ0v) is 20.3. The van der Waals surface area contributed by atoms with E-state index < -0.39 is 0 Å². The fourth-order valence-electron chi connectivity index (χ4n) is 4.50. The number of hydrogen-bond acceptors (Lipinski definition) is 7. The topological polar surface area (TPSA) is 83.6 Å². The molecule has 0 radical (unpaired) electrons. The summed E-state index contributed by atoms with van der Waals surface area (Å²) in [5.74, 6) is 3.21. The number of nitrogens with zero attached hydrogens (tertiary/aromatic N) is 3. The van der Waals surface area contributed by atoms with Crippen molar-refractivity contribution in [3.63, 3.8) is 0 Å². The molecule has 1 fully saturated rings. The molecule has 0 saturated heterocycles. The van der Waals surface area contributed by atoms with E-state index in [0.29, 0.717) is 29.7 Å². The van der Waals surface area contributed by atoms with Gasteiger partial charge in [-0.1, -0.05) is 18.2 Å². The van der Waals surface area contributed by atoms with Gasteiger partial charge in [0, 0.05) is 38.1 Å². The zero-order chi connectivity index (χ0) is 23.5. The normalized spacial score (nSPS) is 19.0. The maximum absolute atomic E-state index is 5.53. The molecule has 0 spiro atoms. The molecule has 178 valence electrons. The highest BCUT2D eigenvalue weighted by atomic mass is 32.1. The first kappa shape index (κ1) is 22.5. The summed E-state index contributed by atoms with van der Waals surface area (Å²) in [6, 6.07) is 14.8. The second-order valence-electron chi connectivity index (χ2n) is 8.99. The van der Waals surface area contributed by atoms with E-state index in [4.69, 9.17) is 31.7 Å². The molecule has 0 amide bonds. The monoisotopic (exact) mass is 478 g/mol. The predicted octanol–water partition coefficient (Wildman–Crippen LogP) is 3.81. The van der Waals surface area contributed by atoms with Gasteiger partial charge in [0.2, 0.25) is 12.7 Å². The molecule has 8 nitrogen and oxygen atoms in total. The van der Waals surface area contributed by atoms with Crippen LogP contribution in [0.2, 0.25) is 0 Å². The van der Waals surface area contributed by atoms with Crippen LogP contribution in [0, 0.1) is 0 Å². The van der Waals surface area contributed by atoms with Gasteiger partial charge in [-0.15, -0.1) is 0 Å². The number of para-hydroxylation sites is 1. The molecule has 3 N–H and O–H groups in total. The van der Waals surface area contributed by atoms with Gasteiger partial charge >= 0.3 is 0 Å². The second-order valence-corrected chi connectivity index (χ2v) is 9.40. The van der Waals surface area contributed by atoms with Crippen molar-refractivity contribution in [2.45, 2.75) is 44.3 Å². The minimum atomic E-state index is 0.285. The summed E-state index contributed by atoms with van der Waals surface area (Å²) in [5, 5.41) is 12.1. The van der Waals surface area contributed by atoms with Crippen molar-refractivity contribution < 1.29 is 9.47 Å². The van der Waals surface area contributed by atoms with Crippen molar-refractivity contribution in [3.05, 3.63) is 48.0 Å². The first-order chi connectivity index (χ1) is 16.5. The lowest BCUT2D eigenvalue weighted by Crippen LogP contribution is -2.44. The van der Waals surface area contributed by atoms with Crippen LogP contribution in [0.4, 0.5) is 11.8 Å². The van der Waals surface area contributed by atoms with Crippen molar-refractivity contribution in [2.75, 3.05) is 31.1 Å². The summed E-state index contributed by atoms with van der Waals surface area (Å²) >= 11 is 5.53. The summed E-state index contributed by atoms with van der Waals surface area (Å²) in [7, 11) is 4.03. The Morgan fingerprint density at radius 2 is 1.76 bits per heavy atom. The van der Waals surface area contributed by atoms with Gasteiger partial charge < -0.3 is 30.3 Å². The van der Waals surface area contributed by atoms with E-state index in [1.54, 1.807) is 0 Å². The third-order valence-electron chi connectivity index (χ3n) is 6.29. The molecule has 1 saturated carbocycles. The molecule has 1 aromatic heterocycles. The van der Waals surface area contributed by atoms with E-state index in [1.165, 1.54) is 0 Å². The Morgan fingerprint density at radius 3 is 2.59 bits per heavy atom. The molecule has 0 bridgehead atoms. The first-order valence-corrected chi connectivity index (χ1v) is 12.1. The molecule has 2 aliphatic rings. The van der Waals surface area contributed by atoms with Crippen LogP contribution in [0.3, 0.4) is 0 Å². The van der Waals surface area contributed by atoms with Crippen molar-refractivity contribution >= 4 is 40.0 Å². The van der Waals surface area contributed by atoms with Crippen molar-refractivity contribution in [2.24, 2.45) is 0 Å². The molecule has 0 unspecified atom stereocenters. The van der Waals surface area contributed by atoms with E-state index in [9.17, 15) is 0 Å². The summed E-state index contributed by atoms with van der Waals surface area (Å²) in [6.07, 6.45) is 4.15. The van der Waals surface area contributed by atoms with Gasteiger partial charge in [-0.2, -0.15) is 4.98 Å². The van der Waals surface area contributed by atoms with E-state index in [1.807, 2.05) is 55.4 Å². The van der Waals surface area contributed by atoms with E-state index in [-0.39, 0.29) is 6.79 Å². The molecule has 2 aromatic carbocycles. The fraction of sp³-hybridized carbons (Fsp3) is 0.400. The van der Waals surface area contributed by atoms with Gasteiger partial charge in [0.15, 0.2) is 16.6 Å². The summed E-state index contributed by atoms with van der Waals surface area (Å²) in [5.41, 5.74) is 2.06. The fourth-order valence-corrected chi connectivity index (χ4v) is 4.74. The number of fused-ring (bicyclic) bond motifs is 2. The molecule has 1 aliphatic heterocycles. The number of nitrogens with one attached hydrogen (secondary N) is 3. The molecule has 34 heavy (non-hydrogen) atoms. The Morgan fingerprint density at radius 1 is 1.00 bits per heavy atom. The van der Waals surface area contributed by atoms with Crippen LogP contribution in [0.1, 0.15) is 31.2 Å². The summed E-state index contributed by atoms with van der Waals surface area (Å²) < 4.78 is 10.8. The third-order valence-corrected chi connectivity index (χ3v) is 6.55. The van der Waals surface area contributed by atoms with Gasteiger partial charge in [0.05, 0.1) is 5.52 Å². The lowest BCUT2D eigenvalue weighted by atomic mass is 9.91. The SMILES string of the molecule is CN(C)c1nc(N[C@H]2CC[C@@H](NC(=S)NCc3ccc4c(c3)OCO4)CC2)nc2ccccc12. The van der Waals surface area contributed by atoms with E-state index in [0.717, 1.165) is 59.5 Å². The average Bonchev–Trinajstić information content (AvgIpc) is 3.31. The van der Waals surface area contributed by atoms with Crippen LogP contribution in [-0.2, 0) is 6.54 Å². The Bertz CT molecular complexity index is 1180. The molecule has 0 atom stereocenters. The van der Waals surface area contributed by atoms with Gasteiger partial charge in [0.1, 0.15) is 5.82 Å². The standard InChI is InChI=1S/C25H30N6O2S/c1-31(2)23-19-5-3-4-6-20(19)29-24(30-23)27-17-8-10-18(11-9-17)28-25(34)26-14-16-7-12-21-22(13-16)33-15-32-21/h3-7,12-13,17-18H,8-11,14-15H2,1-2H3,(H2,26,28,34)(H,27,29,30)/t17-,18+. The first-order valence-electron chi connectivity index (χ1n) is 11.7. The van der Waals surface area contributed by atoms with Crippen LogP contribution < -0.4 is 30.3 Å². The Hall–Kier alpha value is -3.33. The molecular formula is C25H30N6O2S. The Labute approximate surface area is 205 Å². The predicted molar refractivity (Wildman–Crippen MR) is 139 cm³/mol. The number of ether oxygens (including phenoxy) is 2. The van der Waals surface area contributed by atoms with E-state index in [2.05, 4.69) is 22.0 Å². The highest BCUT2D eigenvalue weighted by Crippen LogP contribution is 2.32. The van der Waals surface area contributed by atoms with E-state index >= 15 is 0 Å². The highest BCUT2D eigenvalue weighted by molar-refractivity contribution is 7.80. The maximum Gasteiger partial charge on any atom is 0.231 e. The summed E-state index contributed by atoms with van der Waals surface area (Å²) in [4.78, 5) is 11.6. The number of aromatic nitrogens is 2. The third kappa shape index (κ3) is 5.09. The van der Waals surface area contributed by atoms with Gasteiger partial charge in [-0.05, 0) is 67.7 Å². The number of anilines is 2. The molecule has 1 aliphatic carbocycles. The number of rotatable bonds is 6. The van der Waals surface area contributed by atoms with Gasteiger partial charge in [-0.3, -0.25) is 0 Å². The Kier molecular flexibility index (Phi) is 6.53. The molecule has 5 rings (SSSR count). The molecule has 3 aromatic rings. The smallest absolute Gasteiger partial charge is 0.231 e. The lowest BCUT2D eigenvalue weighted by Gasteiger charge is -2.30. The van der Waals surface area contributed by atoms with Gasteiger partial charge in [-0.25, -0.2) is 4.98 Å². The number of thiocarbonyl (C=S) groups is 1. The molecule has 9 heteroatoms. The van der Waals surface area contributed by atoms with Crippen LogP contribution in [0.5, 0.6) is 11.5 Å². The van der Waals surface area contributed by atoms with Crippen molar-refractivity contribution in [1.29, 1.82) is 0 Å². The van der Waals surface area contributed by atoms with Crippen LogP contribution in [0.25, 0.3) is 10.9 Å². The number of hydrogen-bond donors (Lipinski definition) is 3. The van der Waals surface area contributed by atoms with Crippen LogP contribution in [-0.4, -0.2) is 48.1 Å². The quantitative estimate of drug-likeness (QED) is 0.458. The molecule has 2 heterocycles. The second kappa shape index (κ2) is 9.89.